The fourth-order valence-electron chi connectivity index (χ4n) is 3.04. The first-order valence-corrected chi connectivity index (χ1v) is 10.4. The normalized spacial score (nSPS) is 17.7. The van der Waals surface area contributed by atoms with E-state index in [2.05, 4.69) is 4.99 Å². The molecule has 0 saturated carbocycles. The molecule has 0 atom stereocenters. The molecule has 0 aliphatic carbocycles. The number of piperidine rings is 1. The topological polar surface area (TPSA) is 111 Å². The summed E-state index contributed by atoms with van der Waals surface area (Å²) in [6, 6.07) is 6.42. The average molecular weight is 457 g/mol. The molecule has 1 heterocycles. The van der Waals surface area contributed by atoms with Gasteiger partial charge in [-0.05, 0) is 18.6 Å². The second-order valence-electron chi connectivity index (χ2n) is 7.20. The van der Waals surface area contributed by atoms with E-state index in [1.54, 1.807) is 25.1 Å². The first-order valence-electron chi connectivity index (χ1n) is 9.98. The van der Waals surface area contributed by atoms with Gasteiger partial charge in [-0.25, -0.2) is 13.6 Å². The molecule has 0 amide bonds. The Morgan fingerprint density at radius 2 is 1.87 bits per heavy atom. The smallest absolute Gasteiger partial charge is 0.344 e. The molecule has 0 unspecified atom stereocenters. The third-order valence-electron chi connectivity index (χ3n) is 4.96. The maximum absolute atomic E-state index is 13.2. The van der Waals surface area contributed by atoms with E-state index in [0.717, 1.165) is 0 Å². The summed E-state index contributed by atoms with van der Waals surface area (Å²) in [4.78, 5) is 30.8. The fourth-order valence-corrected chi connectivity index (χ4v) is 3.28. The number of amidine groups is 1. The van der Waals surface area contributed by atoms with Gasteiger partial charge in [0.05, 0.1) is 11.6 Å². The number of carbonyl (C=O) groups excluding carboxylic acids is 2. The number of benzene rings is 1. The molecule has 1 aromatic carbocycles. The van der Waals surface area contributed by atoms with E-state index < -0.39 is 24.3 Å². The van der Waals surface area contributed by atoms with Crippen molar-refractivity contribution in [3.63, 3.8) is 0 Å². The molecule has 1 saturated heterocycles. The standard InChI is InChI=1S/C21H27ClF2N4O3/c1-2-16(25)18(19(26)27-9-12-28-10-7-21(23,24)8-11-28)20(30)31-13-17(29)14-5-3-4-6-15(14)22/h3-6H,2,7-13,25H2,1H3,(H2,26,27). The molecule has 170 valence electrons. The summed E-state index contributed by atoms with van der Waals surface area (Å²) >= 11 is 5.98. The van der Waals surface area contributed by atoms with Crippen molar-refractivity contribution in [3.8, 4) is 0 Å². The van der Waals surface area contributed by atoms with Crippen LogP contribution in [0.15, 0.2) is 40.5 Å². The van der Waals surface area contributed by atoms with E-state index in [-0.39, 0.29) is 60.2 Å². The number of allylic oxidation sites excluding steroid dienone is 1. The maximum atomic E-state index is 13.2. The van der Waals surface area contributed by atoms with E-state index in [0.29, 0.717) is 13.0 Å². The van der Waals surface area contributed by atoms with Crippen molar-refractivity contribution in [1.29, 1.82) is 0 Å². The van der Waals surface area contributed by atoms with Gasteiger partial charge in [-0.2, -0.15) is 0 Å². The Hall–Kier alpha value is -2.52. The Bertz CT molecular complexity index is 864. The minimum Gasteiger partial charge on any atom is -0.454 e. The second-order valence-corrected chi connectivity index (χ2v) is 7.60. The van der Waals surface area contributed by atoms with Crippen LogP contribution in [0.4, 0.5) is 8.78 Å². The molecule has 0 bridgehead atoms. The summed E-state index contributed by atoms with van der Waals surface area (Å²) < 4.78 is 31.6. The highest BCUT2D eigenvalue weighted by molar-refractivity contribution is 6.34. The minimum atomic E-state index is -2.62. The molecule has 4 N–H and O–H groups in total. The largest absolute Gasteiger partial charge is 0.454 e. The van der Waals surface area contributed by atoms with E-state index >= 15 is 0 Å². The Labute approximate surface area is 185 Å². The van der Waals surface area contributed by atoms with Gasteiger partial charge in [0.2, 0.25) is 5.78 Å². The van der Waals surface area contributed by atoms with Crippen molar-refractivity contribution in [2.24, 2.45) is 16.5 Å². The molecular weight excluding hydrogens is 430 g/mol. The average Bonchev–Trinajstić information content (AvgIpc) is 2.73. The summed E-state index contributed by atoms with van der Waals surface area (Å²) in [7, 11) is 0. The van der Waals surface area contributed by atoms with Crippen LogP contribution in [0.2, 0.25) is 5.02 Å². The number of alkyl halides is 2. The number of aliphatic imine (C=N–C) groups is 1. The zero-order valence-corrected chi connectivity index (χ0v) is 18.1. The predicted molar refractivity (Wildman–Crippen MR) is 115 cm³/mol. The van der Waals surface area contributed by atoms with Crippen molar-refractivity contribution >= 4 is 29.2 Å². The van der Waals surface area contributed by atoms with Gasteiger partial charge in [-0.3, -0.25) is 9.79 Å². The van der Waals surface area contributed by atoms with Gasteiger partial charge in [0.1, 0.15) is 11.4 Å². The minimum absolute atomic E-state index is 0.0976. The highest BCUT2D eigenvalue weighted by atomic mass is 35.5. The van der Waals surface area contributed by atoms with E-state index in [4.69, 9.17) is 27.8 Å². The van der Waals surface area contributed by atoms with Crippen LogP contribution < -0.4 is 11.5 Å². The number of hydrogen-bond donors (Lipinski definition) is 2. The lowest BCUT2D eigenvalue weighted by Gasteiger charge is -2.31. The number of ether oxygens (including phenoxy) is 1. The molecule has 7 nitrogen and oxygen atoms in total. The molecule has 0 radical (unpaired) electrons. The van der Waals surface area contributed by atoms with Crippen molar-refractivity contribution in [2.75, 3.05) is 32.8 Å². The number of nitrogens with two attached hydrogens (primary N) is 2. The number of nitrogens with zero attached hydrogens (tertiary/aromatic N) is 2. The van der Waals surface area contributed by atoms with Crippen molar-refractivity contribution in [3.05, 3.63) is 46.1 Å². The van der Waals surface area contributed by atoms with Crippen LogP contribution >= 0.6 is 11.6 Å². The monoisotopic (exact) mass is 456 g/mol. The first kappa shape index (κ1) is 24.7. The molecule has 1 fully saturated rings. The van der Waals surface area contributed by atoms with Crippen LogP contribution in [0, 0.1) is 0 Å². The van der Waals surface area contributed by atoms with E-state index in [1.807, 2.05) is 4.90 Å². The number of esters is 1. The van der Waals surface area contributed by atoms with Gasteiger partial charge >= 0.3 is 5.97 Å². The Kier molecular flexibility index (Phi) is 8.94. The molecule has 1 aliphatic heterocycles. The van der Waals surface area contributed by atoms with Crippen LogP contribution in [0.3, 0.4) is 0 Å². The molecule has 0 spiro atoms. The lowest BCUT2D eigenvalue weighted by molar-refractivity contribution is -0.137. The molecule has 10 heteroatoms. The van der Waals surface area contributed by atoms with Gasteiger partial charge in [0.25, 0.3) is 5.92 Å². The van der Waals surface area contributed by atoms with E-state index in [1.165, 1.54) is 6.07 Å². The summed E-state index contributed by atoms with van der Waals surface area (Å²) in [5.41, 5.74) is 12.2. The number of likely N-dealkylation sites (tertiary alicyclic amines) is 1. The highest BCUT2D eigenvalue weighted by Crippen LogP contribution is 2.27. The molecule has 1 aliphatic rings. The molecular formula is C21H27ClF2N4O3. The lowest BCUT2D eigenvalue weighted by Crippen LogP contribution is -2.40. The van der Waals surface area contributed by atoms with Crippen molar-refractivity contribution in [1.82, 2.24) is 4.90 Å². The number of hydrogen-bond acceptors (Lipinski definition) is 6. The number of carbonyl (C=O) groups is 2. The van der Waals surface area contributed by atoms with Crippen molar-refractivity contribution in [2.45, 2.75) is 32.1 Å². The Morgan fingerprint density at radius 3 is 2.48 bits per heavy atom. The number of ketones is 1. The second kappa shape index (κ2) is 11.2. The van der Waals surface area contributed by atoms with Gasteiger partial charge in [-0.15, -0.1) is 0 Å². The molecule has 31 heavy (non-hydrogen) atoms. The zero-order valence-electron chi connectivity index (χ0n) is 17.4. The molecule has 2 rings (SSSR count). The highest BCUT2D eigenvalue weighted by Gasteiger charge is 2.33. The number of Topliss-reactive ketones (excluding diaryl/α,β-unsaturated/α-hetero) is 1. The number of rotatable bonds is 9. The quantitative estimate of drug-likeness (QED) is 0.194. The molecule has 1 aromatic rings. The summed E-state index contributed by atoms with van der Waals surface area (Å²) in [6.45, 7) is 2.39. The maximum Gasteiger partial charge on any atom is 0.344 e. The summed E-state index contributed by atoms with van der Waals surface area (Å²) in [6.07, 6.45) is -0.0574. The van der Waals surface area contributed by atoms with Crippen LogP contribution in [-0.2, 0) is 9.53 Å². The summed E-state index contributed by atoms with van der Waals surface area (Å²) in [5.74, 6) is -4.06. The van der Waals surface area contributed by atoms with Gasteiger partial charge in [0, 0.05) is 43.7 Å². The van der Waals surface area contributed by atoms with Crippen LogP contribution in [0.5, 0.6) is 0 Å². The van der Waals surface area contributed by atoms with Crippen LogP contribution in [-0.4, -0.2) is 61.2 Å². The van der Waals surface area contributed by atoms with Gasteiger partial charge < -0.3 is 21.1 Å². The molecule has 0 aromatic heterocycles. The van der Waals surface area contributed by atoms with Gasteiger partial charge in [0.15, 0.2) is 6.61 Å². The van der Waals surface area contributed by atoms with Crippen molar-refractivity contribution < 1.29 is 23.1 Å². The van der Waals surface area contributed by atoms with Crippen LogP contribution in [0.1, 0.15) is 36.5 Å². The first-order chi connectivity index (χ1) is 14.6. The zero-order chi connectivity index (χ0) is 23.0. The SMILES string of the molecule is CCC(N)=C(C(=O)OCC(=O)c1ccccc1Cl)C(N)=NCCN1CCC(F)(F)CC1. The number of halogens is 3. The third-order valence-corrected chi connectivity index (χ3v) is 5.29. The Morgan fingerprint density at radius 1 is 1.23 bits per heavy atom. The van der Waals surface area contributed by atoms with Gasteiger partial charge in [-0.1, -0.05) is 30.7 Å². The van der Waals surface area contributed by atoms with Crippen LogP contribution in [0.25, 0.3) is 0 Å². The Balaban J connectivity index is 1.97. The third kappa shape index (κ3) is 7.29. The summed E-state index contributed by atoms with van der Waals surface area (Å²) in [5, 5.41) is 0.254. The fraction of sp³-hybridized carbons (Fsp3) is 0.476. The predicted octanol–water partition coefficient (Wildman–Crippen LogP) is 2.78. The van der Waals surface area contributed by atoms with E-state index in [9.17, 15) is 18.4 Å². The lowest BCUT2D eigenvalue weighted by atomic mass is 10.1.